The molecule has 0 unspecified atom stereocenters. The topological polar surface area (TPSA) is 85.4 Å². The van der Waals surface area contributed by atoms with E-state index in [0.29, 0.717) is 5.76 Å². The number of aromatic nitrogens is 3. The Hall–Kier alpha value is -3.13. The largest absolute Gasteiger partial charge is 0.378 e. The van der Waals surface area contributed by atoms with E-state index >= 15 is 0 Å². The fourth-order valence-electron chi connectivity index (χ4n) is 3.33. The summed E-state index contributed by atoms with van der Waals surface area (Å²) in [6, 6.07) is 9.75. The van der Waals surface area contributed by atoms with E-state index in [4.69, 9.17) is 9.26 Å². The number of nitrogens with one attached hydrogen (secondary N) is 1. The lowest BCUT2D eigenvalue weighted by Crippen LogP contribution is -2.36. The van der Waals surface area contributed by atoms with E-state index in [1.165, 1.54) is 5.69 Å². The van der Waals surface area contributed by atoms with Crippen molar-refractivity contribution >= 4 is 11.6 Å². The summed E-state index contributed by atoms with van der Waals surface area (Å²) in [4.78, 5) is 14.9. The van der Waals surface area contributed by atoms with Crippen molar-refractivity contribution in [2.75, 3.05) is 31.2 Å². The number of aryl methyl sites for hydroxylation is 1. The van der Waals surface area contributed by atoms with E-state index in [-0.39, 0.29) is 17.6 Å². The molecule has 1 saturated heterocycles. The number of anilines is 1. The normalized spacial score (nSPS) is 15.3. The summed E-state index contributed by atoms with van der Waals surface area (Å²) in [5.74, 6) is 0.255. The molecule has 1 fully saturated rings. The van der Waals surface area contributed by atoms with Crippen molar-refractivity contribution in [3.8, 4) is 11.3 Å². The monoisotopic (exact) mass is 395 g/mol. The molecule has 0 bridgehead atoms. The molecule has 8 nitrogen and oxygen atoms in total. The lowest BCUT2D eigenvalue weighted by atomic mass is 10.1. The van der Waals surface area contributed by atoms with Crippen LogP contribution in [-0.2, 0) is 11.3 Å². The highest BCUT2D eigenvalue weighted by Gasteiger charge is 2.18. The molecule has 0 radical (unpaired) electrons. The van der Waals surface area contributed by atoms with E-state index in [1.807, 2.05) is 32.2 Å². The van der Waals surface area contributed by atoms with Gasteiger partial charge in [-0.25, -0.2) is 0 Å². The van der Waals surface area contributed by atoms with Crippen molar-refractivity contribution in [1.82, 2.24) is 20.3 Å². The van der Waals surface area contributed by atoms with Gasteiger partial charge >= 0.3 is 0 Å². The first-order chi connectivity index (χ1) is 14.1. The third-order valence-electron chi connectivity index (χ3n) is 5.10. The molecule has 2 aromatic heterocycles. The fraction of sp³-hybridized carbons (Fsp3) is 0.381. The first-order valence-corrected chi connectivity index (χ1v) is 9.87. The van der Waals surface area contributed by atoms with Crippen LogP contribution in [0.4, 0.5) is 5.69 Å². The molecule has 0 aliphatic carbocycles. The Morgan fingerprint density at radius 2 is 2.00 bits per heavy atom. The maximum Gasteiger partial charge on any atom is 0.273 e. The number of nitrogens with zero attached hydrogens (tertiary/aromatic N) is 4. The maximum atomic E-state index is 12.6. The van der Waals surface area contributed by atoms with Crippen molar-refractivity contribution in [3.05, 3.63) is 54.0 Å². The van der Waals surface area contributed by atoms with Gasteiger partial charge in [0.2, 0.25) is 0 Å². The van der Waals surface area contributed by atoms with E-state index < -0.39 is 0 Å². The van der Waals surface area contributed by atoms with E-state index in [2.05, 4.69) is 32.6 Å². The summed E-state index contributed by atoms with van der Waals surface area (Å²) < 4.78 is 12.5. The zero-order valence-corrected chi connectivity index (χ0v) is 16.7. The van der Waals surface area contributed by atoms with Crippen LogP contribution >= 0.6 is 0 Å². The second-order valence-corrected chi connectivity index (χ2v) is 7.05. The van der Waals surface area contributed by atoms with Crippen molar-refractivity contribution < 1.29 is 14.1 Å². The van der Waals surface area contributed by atoms with Gasteiger partial charge in [-0.15, -0.1) is 0 Å². The summed E-state index contributed by atoms with van der Waals surface area (Å²) in [6.07, 6.45) is 3.56. The molecule has 1 aliphatic heterocycles. The van der Waals surface area contributed by atoms with Crippen LogP contribution < -0.4 is 10.2 Å². The smallest absolute Gasteiger partial charge is 0.273 e. The molecular weight excluding hydrogens is 370 g/mol. The van der Waals surface area contributed by atoms with Crippen LogP contribution in [0.5, 0.6) is 0 Å². The third kappa shape index (κ3) is 4.32. The van der Waals surface area contributed by atoms with Gasteiger partial charge in [-0.3, -0.25) is 9.48 Å². The molecule has 29 heavy (non-hydrogen) atoms. The minimum atomic E-state index is -0.271. The molecule has 3 heterocycles. The number of rotatable bonds is 6. The number of ether oxygens (including phenoxy) is 1. The van der Waals surface area contributed by atoms with Crippen LogP contribution in [0.25, 0.3) is 11.3 Å². The van der Waals surface area contributed by atoms with Gasteiger partial charge in [0.1, 0.15) is 0 Å². The van der Waals surface area contributed by atoms with Crippen molar-refractivity contribution in [2.45, 2.75) is 26.4 Å². The third-order valence-corrected chi connectivity index (χ3v) is 5.10. The van der Waals surface area contributed by atoms with Crippen LogP contribution in [0, 0.1) is 0 Å². The lowest BCUT2D eigenvalue weighted by Gasteiger charge is -2.29. The number of amides is 1. The summed E-state index contributed by atoms with van der Waals surface area (Å²) in [7, 11) is 0. The van der Waals surface area contributed by atoms with Crippen molar-refractivity contribution in [3.63, 3.8) is 0 Å². The molecule has 0 spiro atoms. The second kappa shape index (κ2) is 8.48. The fourth-order valence-corrected chi connectivity index (χ4v) is 3.33. The number of carbonyl (C=O) groups is 1. The van der Waals surface area contributed by atoms with Crippen LogP contribution in [0.1, 0.15) is 35.9 Å². The summed E-state index contributed by atoms with van der Waals surface area (Å²) in [5, 5.41) is 11.1. The molecule has 0 saturated carbocycles. The van der Waals surface area contributed by atoms with Crippen molar-refractivity contribution in [2.24, 2.45) is 0 Å². The van der Waals surface area contributed by atoms with Crippen molar-refractivity contribution in [1.29, 1.82) is 0 Å². The van der Waals surface area contributed by atoms with E-state index in [1.54, 1.807) is 16.9 Å². The molecule has 152 valence electrons. The van der Waals surface area contributed by atoms with Gasteiger partial charge < -0.3 is 19.5 Å². The number of benzene rings is 1. The molecule has 1 atom stereocenters. The highest BCUT2D eigenvalue weighted by molar-refractivity contribution is 5.93. The predicted octanol–water partition coefficient (Wildman–Crippen LogP) is 2.89. The zero-order chi connectivity index (χ0) is 20.2. The quantitative estimate of drug-likeness (QED) is 0.691. The standard InChI is InChI=1S/C21H25N5O3/c1-3-26-14-17(13-22-26)20-12-19(24-29-20)21(27)23-15(2)16-4-6-18(7-5-16)25-8-10-28-11-9-25/h4-7,12-15H,3,8-11H2,1-2H3,(H,23,27)/t15-/m0/s1. The van der Waals surface area contributed by atoms with Gasteiger partial charge in [-0.05, 0) is 31.5 Å². The summed E-state index contributed by atoms with van der Waals surface area (Å²) in [5.41, 5.74) is 3.25. The SMILES string of the molecule is CCn1cc(-c2cc(C(=O)N[C@@H](C)c3ccc(N4CCOCC4)cc3)no2)cn1. The van der Waals surface area contributed by atoms with Gasteiger partial charge in [0.15, 0.2) is 11.5 Å². The molecule has 1 N–H and O–H groups in total. The molecule has 3 aromatic rings. The Morgan fingerprint density at radius 1 is 1.24 bits per heavy atom. The molecule has 4 rings (SSSR count). The minimum absolute atomic E-state index is 0.149. The molecule has 8 heteroatoms. The predicted molar refractivity (Wildman–Crippen MR) is 109 cm³/mol. The molecule has 1 aliphatic rings. The van der Waals surface area contributed by atoms with Crippen LogP contribution in [0.15, 0.2) is 47.2 Å². The van der Waals surface area contributed by atoms with Crippen LogP contribution in [0.3, 0.4) is 0 Å². The number of hydrogen-bond donors (Lipinski definition) is 1. The summed E-state index contributed by atoms with van der Waals surface area (Å²) >= 11 is 0. The van der Waals surface area contributed by atoms with Gasteiger partial charge in [-0.1, -0.05) is 17.3 Å². The highest BCUT2D eigenvalue weighted by Crippen LogP contribution is 2.22. The van der Waals surface area contributed by atoms with Gasteiger partial charge in [0.05, 0.1) is 31.0 Å². The average molecular weight is 395 g/mol. The number of hydrogen-bond acceptors (Lipinski definition) is 6. The maximum absolute atomic E-state index is 12.6. The van der Waals surface area contributed by atoms with Gasteiger partial charge in [0, 0.05) is 37.6 Å². The molecule has 1 amide bonds. The number of carbonyl (C=O) groups excluding carboxylic acids is 1. The lowest BCUT2D eigenvalue weighted by molar-refractivity contribution is 0.0931. The van der Waals surface area contributed by atoms with Crippen LogP contribution in [-0.4, -0.2) is 47.1 Å². The van der Waals surface area contributed by atoms with E-state index in [9.17, 15) is 4.79 Å². The Balaban J connectivity index is 1.39. The number of morpholine rings is 1. The Kier molecular flexibility index (Phi) is 5.62. The Bertz CT molecular complexity index is 957. The second-order valence-electron chi connectivity index (χ2n) is 7.05. The van der Waals surface area contributed by atoms with E-state index in [0.717, 1.165) is 44.0 Å². The average Bonchev–Trinajstić information content (AvgIpc) is 3.44. The first kappa shape index (κ1) is 19.2. The Labute approximate surface area is 169 Å². The zero-order valence-electron chi connectivity index (χ0n) is 16.7. The highest BCUT2D eigenvalue weighted by atomic mass is 16.5. The minimum Gasteiger partial charge on any atom is -0.378 e. The summed E-state index contributed by atoms with van der Waals surface area (Å²) in [6.45, 7) is 8.04. The molecule has 1 aromatic carbocycles. The first-order valence-electron chi connectivity index (χ1n) is 9.87. The Morgan fingerprint density at radius 3 is 2.69 bits per heavy atom. The molecular formula is C21H25N5O3. The van der Waals surface area contributed by atoms with Gasteiger partial charge in [-0.2, -0.15) is 5.10 Å². The van der Waals surface area contributed by atoms with Gasteiger partial charge in [0.25, 0.3) is 5.91 Å². The van der Waals surface area contributed by atoms with Crippen LogP contribution in [0.2, 0.25) is 0 Å².